The Morgan fingerprint density at radius 3 is 2.68 bits per heavy atom. The second-order valence-electron chi connectivity index (χ2n) is 4.81. The zero-order chi connectivity index (χ0) is 13.9. The van der Waals surface area contributed by atoms with E-state index in [-0.39, 0.29) is 11.1 Å². The lowest BCUT2D eigenvalue weighted by Gasteiger charge is -2.30. The molecule has 0 aliphatic heterocycles. The number of sulfonamides is 1. The van der Waals surface area contributed by atoms with Gasteiger partial charge in [0.2, 0.25) is 0 Å². The SMILES string of the molecule is CN(C1CCCCC1)S(=O)(=O)c1ncccc1NN. The molecule has 1 aliphatic carbocycles. The van der Waals surface area contributed by atoms with E-state index in [1.165, 1.54) is 16.9 Å². The maximum absolute atomic E-state index is 12.6. The summed E-state index contributed by atoms with van der Waals surface area (Å²) in [6.07, 6.45) is 6.62. The molecule has 0 aromatic carbocycles. The Hall–Kier alpha value is -1.18. The molecule has 0 spiro atoms. The monoisotopic (exact) mass is 284 g/mol. The molecule has 1 aliphatic rings. The fourth-order valence-corrected chi connectivity index (χ4v) is 3.96. The average molecular weight is 284 g/mol. The smallest absolute Gasteiger partial charge is 0.262 e. The number of hydrogen-bond acceptors (Lipinski definition) is 5. The maximum atomic E-state index is 12.6. The predicted octanol–water partition coefficient (Wildman–Crippen LogP) is 1.32. The quantitative estimate of drug-likeness (QED) is 0.643. The molecule has 0 amide bonds. The number of aromatic nitrogens is 1. The van der Waals surface area contributed by atoms with E-state index in [2.05, 4.69) is 10.4 Å². The van der Waals surface area contributed by atoms with Crippen LogP contribution in [0.3, 0.4) is 0 Å². The number of nitrogens with two attached hydrogens (primary N) is 1. The lowest BCUT2D eigenvalue weighted by atomic mass is 9.96. The molecule has 1 aromatic rings. The highest BCUT2D eigenvalue weighted by atomic mass is 32.2. The fourth-order valence-electron chi connectivity index (χ4n) is 2.48. The highest BCUT2D eigenvalue weighted by Crippen LogP contribution is 2.28. The van der Waals surface area contributed by atoms with Crippen molar-refractivity contribution >= 4 is 15.7 Å². The molecule has 2 rings (SSSR count). The van der Waals surface area contributed by atoms with Crippen LogP contribution in [-0.4, -0.2) is 30.8 Å². The van der Waals surface area contributed by atoms with Gasteiger partial charge in [-0.1, -0.05) is 19.3 Å². The molecule has 7 heteroatoms. The minimum atomic E-state index is -3.60. The third kappa shape index (κ3) is 2.88. The first-order chi connectivity index (χ1) is 9.07. The van der Waals surface area contributed by atoms with Gasteiger partial charge in [0.1, 0.15) is 0 Å². The fraction of sp³-hybridized carbons (Fsp3) is 0.583. The van der Waals surface area contributed by atoms with Gasteiger partial charge in [-0.3, -0.25) is 5.84 Å². The van der Waals surface area contributed by atoms with Crippen molar-refractivity contribution in [3.63, 3.8) is 0 Å². The first kappa shape index (κ1) is 14.2. The van der Waals surface area contributed by atoms with E-state index in [4.69, 9.17) is 5.84 Å². The lowest BCUT2D eigenvalue weighted by molar-refractivity contribution is 0.285. The molecule has 3 N–H and O–H groups in total. The highest BCUT2D eigenvalue weighted by molar-refractivity contribution is 7.89. The van der Waals surface area contributed by atoms with Crippen molar-refractivity contribution in [1.29, 1.82) is 0 Å². The molecular weight excluding hydrogens is 264 g/mol. The van der Waals surface area contributed by atoms with Crippen LogP contribution >= 0.6 is 0 Å². The predicted molar refractivity (Wildman–Crippen MR) is 73.9 cm³/mol. The molecule has 6 nitrogen and oxygen atoms in total. The third-order valence-electron chi connectivity index (χ3n) is 3.64. The normalized spacial score (nSPS) is 17.6. The van der Waals surface area contributed by atoms with E-state index in [1.807, 2.05) is 0 Å². The van der Waals surface area contributed by atoms with Crippen molar-refractivity contribution in [2.75, 3.05) is 12.5 Å². The Morgan fingerprint density at radius 2 is 2.05 bits per heavy atom. The van der Waals surface area contributed by atoms with Crippen molar-refractivity contribution in [2.24, 2.45) is 5.84 Å². The summed E-state index contributed by atoms with van der Waals surface area (Å²) >= 11 is 0. The van der Waals surface area contributed by atoms with Crippen molar-refractivity contribution in [3.05, 3.63) is 18.3 Å². The Kier molecular flexibility index (Phi) is 4.38. The minimum Gasteiger partial charge on any atom is -0.321 e. The van der Waals surface area contributed by atoms with Crippen LogP contribution in [0.4, 0.5) is 5.69 Å². The highest BCUT2D eigenvalue weighted by Gasteiger charge is 2.31. The van der Waals surface area contributed by atoms with E-state index >= 15 is 0 Å². The van der Waals surface area contributed by atoms with Gasteiger partial charge in [-0.25, -0.2) is 13.4 Å². The summed E-state index contributed by atoms with van der Waals surface area (Å²) in [5.41, 5.74) is 2.72. The molecule has 106 valence electrons. The topological polar surface area (TPSA) is 88.3 Å². The summed E-state index contributed by atoms with van der Waals surface area (Å²) < 4.78 is 26.6. The Bertz CT molecular complexity index is 526. The molecule has 0 atom stereocenters. The van der Waals surface area contributed by atoms with E-state index in [0.717, 1.165) is 25.7 Å². The number of hydrogen-bond donors (Lipinski definition) is 2. The maximum Gasteiger partial charge on any atom is 0.262 e. The van der Waals surface area contributed by atoms with Crippen molar-refractivity contribution in [3.8, 4) is 0 Å². The van der Waals surface area contributed by atoms with Crippen LogP contribution < -0.4 is 11.3 Å². The van der Waals surface area contributed by atoms with Gasteiger partial charge in [0.25, 0.3) is 10.0 Å². The van der Waals surface area contributed by atoms with Crippen LogP contribution in [-0.2, 0) is 10.0 Å². The number of hydrazine groups is 1. The van der Waals surface area contributed by atoms with Gasteiger partial charge < -0.3 is 5.43 Å². The van der Waals surface area contributed by atoms with Gasteiger partial charge in [0.15, 0.2) is 5.03 Å². The minimum absolute atomic E-state index is 0.00873. The molecule has 1 fully saturated rings. The molecule has 1 aromatic heterocycles. The van der Waals surface area contributed by atoms with E-state index in [9.17, 15) is 8.42 Å². The third-order valence-corrected chi connectivity index (χ3v) is 5.51. The molecule has 0 saturated heterocycles. The van der Waals surface area contributed by atoms with Crippen molar-refractivity contribution in [1.82, 2.24) is 9.29 Å². The van der Waals surface area contributed by atoms with Crippen LogP contribution in [0.25, 0.3) is 0 Å². The van der Waals surface area contributed by atoms with Gasteiger partial charge in [-0.05, 0) is 25.0 Å². The first-order valence-corrected chi connectivity index (χ1v) is 7.91. The first-order valence-electron chi connectivity index (χ1n) is 6.47. The lowest BCUT2D eigenvalue weighted by Crippen LogP contribution is -2.39. The van der Waals surface area contributed by atoms with Gasteiger partial charge >= 0.3 is 0 Å². The number of rotatable bonds is 4. The van der Waals surface area contributed by atoms with E-state index in [1.54, 1.807) is 19.2 Å². The van der Waals surface area contributed by atoms with Crippen molar-refractivity contribution < 1.29 is 8.42 Å². The summed E-state index contributed by atoms with van der Waals surface area (Å²) in [5, 5.41) is -0.00873. The number of nitrogens with zero attached hydrogens (tertiary/aromatic N) is 2. The van der Waals surface area contributed by atoms with Crippen LogP contribution in [0.5, 0.6) is 0 Å². The summed E-state index contributed by atoms with van der Waals surface area (Å²) in [6, 6.07) is 3.31. The average Bonchev–Trinajstić information content (AvgIpc) is 2.47. The number of nitrogens with one attached hydrogen (secondary N) is 1. The summed E-state index contributed by atoms with van der Waals surface area (Å²) in [6.45, 7) is 0. The molecule has 1 saturated carbocycles. The van der Waals surface area contributed by atoms with Gasteiger partial charge in [0.05, 0.1) is 5.69 Å². The van der Waals surface area contributed by atoms with E-state index < -0.39 is 10.0 Å². The van der Waals surface area contributed by atoms with E-state index in [0.29, 0.717) is 5.69 Å². The summed E-state index contributed by atoms with van der Waals surface area (Å²) in [4.78, 5) is 3.96. The standard InChI is InChI=1S/C12H20N4O2S/c1-16(10-6-3-2-4-7-10)19(17,18)12-11(15-13)8-5-9-14-12/h5,8-10,15H,2-4,6-7,13H2,1H3. The largest absolute Gasteiger partial charge is 0.321 e. The zero-order valence-electron chi connectivity index (χ0n) is 11.0. The second-order valence-corrected chi connectivity index (χ2v) is 6.73. The summed E-state index contributed by atoms with van der Waals surface area (Å²) in [5.74, 6) is 5.35. The van der Waals surface area contributed by atoms with Gasteiger partial charge in [-0.15, -0.1) is 0 Å². The Morgan fingerprint density at radius 1 is 1.37 bits per heavy atom. The second kappa shape index (κ2) is 5.85. The van der Waals surface area contributed by atoms with Gasteiger partial charge in [-0.2, -0.15) is 4.31 Å². The molecular formula is C12H20N4O2S. The van der Waals surface area contributed by atoms with Crippen LogP contribution in [0, 0.1) is 0 Å². The van der Waals surface area contributed by atoms with Crippen LogP contribution in [0.1, 0.15) is 32.1 Å². The Balaban J connectivity index is 2.30. The molecule has 0 unspecified atom stereocenters. The molecule has 0 radical (unpaired) electrons. The number of nitrogen functional groups attached to an aromatic ring is 1. The van der Waals surface area contributed by atoms with Crippen molar-refractivity contribution in [2.45, 2.75) is 43.2 Å². The molecule has 1 heterocycles. The zero-order valence-corrected chi connectivity index (χ0v) is 11.9. The van der Waals surface area contributed by atoms with Crippen LogP contribution in [0.2, 0.25) is 0 Å². The number of anilines is 1. The number of pyridine rings is 1. The van der Waals surface area contributed by atoms with Gasteiger partial charge in [0, 0.05) is 19.3 Å². The van der Waals surface area contributed by atoms with Crippen LogP contribution in [0.15, 0.2) is 23.4 Å². The molecule has 19 heavy (non-hydrogen) atoms. The summed E-state index contributed by atoms with van der Waals surface area (Å²) in [7, 11) is -1.98. The Labute approximate surface area is 114 Å². The molecule has 0 bridgehead atoms.